The Morgan fingerprint density at radius 3 is 2.79 bits per heavy atom. The molecule has 1 aliphatic heterocycles. The minimum Gasteiger partial charge on any atom is -0.309 e. The first-order valence-corrected chi connectivity index (χ1v) is 8.37. The Morgan fingerprint density at radius 2 is 2.08 bits per heavy atom. The summed E-state index contributed by atoms with van der Waals surface area (Å²) in [5.74, 6) is -0.0174. The van der Waals surface area contributed by atoms with Crippen molar-refractivity contribution in [2.75, 3.05) is 11.4 Å². The number of amides is 1. The lowest BCUT2D eigenvalue weighted by atomic mass is 10.3. The van der Waals surface area contributed by atoms with Gasteiger partial charge in [-0.25, -0.2) is 14.4 Å². The van der Waals surface area contributed by atoms with Gasteiger partial charge in [0.05, 0.1) is 16.6 Å². The minimum absolute atomic E-state index is 0.164. The summed E-state index contributed by atoms with van der Waals surface area (Å²) >= 11 is 1.26. The molecule has 0 bridgehead atoms. The van der Waals surface area contributed by atoms with Gasteiger partial charge in [0.2, 0.25) is 5.91 Å². The van der Waals surface area contributed by atoms with Gasteiger partial charge < -0.3 is 4.90 Å². The highest BCUT2D eigenvalue weighted by atomic mass is 32.2. The largest absolute Gasteiger partial charge is 0.309 e. The van der Waals surface area contributed by atoms with Crippen molar-refractivity contribution < 1.29 is 9.18 Å². The lowest BCUT2D eigenvalue weighted by Crippen LogP contribution is -2.28. The van der Waals surface area contributed by atoms with Gasteiger partial charge in [-0.15, -0.1) is 0 Å². The van der Waals surface area contributed by atoms with E-state index in [2.05, 4.69) is 16.0 Å². The van der Waals surface area contributed by atoms with Gasteiger partial charge >= 0.3 is 0 Å². The van der Waals surface area contributed by atoms with Crippen molar-refractivity contribution in [2.45, 2.75) is 30.5 Å². The van der Waals surface area contributed by atoms with Crippen molar-refractivity contribution in [3.8, 4) is 6.07 Å². The molecule has 1 aliphatic rings. The highest BCUT2D eigenvalue weighted by molar-refractivity contribution is 8.00. The molecule has 7 heteroatoms. The third-order valence-electron chi connectivity index (χ3n) is 3.83. The Balaban J connectivity index is 1.85. The van der Waals surface area contributed by atoms with Crippen molar-refractivity contribution >= 4 is 23.4 Å². The second-order valence-corrected chi connectivity index (χ2v) is 6.68. The highest BCUT2D eigenvalue weighted by Gasteiger charge is 2.35. The van der Waals surface area contributed by atoms with Crippen LogP contribution in [0.4, 0.5) is 10.1 Å². The number of nitrogens with zero attached hydrogens (tertiary/aromatic N) is 4. The topological polar surface area (TPSA) is 69.9 Å². The molecule has 1 atom stereocenters. The maximum Gasteiger partial charge on any atom is 0.240 e. The predicted octanol–water partition coefficient (Wildman–Crippen LogP) is 3.00. The molecule has 0 radical (unpaired) electrons. The number of rotatable bonds is 3. The summed E-state index contributed by atoms with van der Waals surface area (Å²) in [6, 6.07) is 8.34. The first-order valence-electron chi connectivity index (χ1n) is 7.49. The van der Waals surface area contributed by atoms with Crippen molar-refractivity contribution in [1.82, 2.24) is 9.97 Å². The molecule has 1 aromatic carbocycles. The van der Waals surface area contributed by atoms with Gasteiger partial charge in [0.15, 0.2) is 0 Å². The summed E-state index contributed by atoms with van der Waals surface area (Å²) in [5.41, 5.74) is 1.29. The fraction of sp³-hybridized carbons (Fsp3) is 0.294. The maximum absolute atomic E-state index is 13.9. The quantitative estimate of drug-likeness (QED) is 0.802. The van der Waals surface area contributed by atoms with Crippen molar-refractivity contribution in [3.05, 3.63) is 47.2 Å². The highest BCUT2D eigenvalue weighted by Crippen LogP contribution is 2.34. The standard InChI is InChI=1S/C17H15FN4OS/c1-10-12(9-19)16(21-11(2)20-10)24-15-7-8-22(17(15)23)14-6-4-3-5-13(14)18/h3-6,15H,7-8H2,1-2H3. The van der Waals surface area contributed by atoms with Gasteiger partial charge in [-0.1, -0.05) is 23.9 Å². The van der Waals surface area contributed by atoms with Crippen LogP contribution in [-0.2, 0) is 4.79 Å². The van der Waals surface area contributed by atoms with Gasteiger partial charge in [0.25, 0.3) is 0 Å². The van der Waals surface area contributed by atoms with Crippen LogP contribution in [-0.4, -0.2) is 27.7 Å². The molecular formula is C17H15FN4OS. The number of carbonyl (C=O) groups excluding carboxylic acids is 1. The predicted molar refractivity (Wildman–Crippen MR) is 89.2 cm³/mol. The van der Waals surface area contributed by atoms with Gasteiger partial charge in [-0.3, -0.25) is 4.79 Å². The van der Waals surface area contributed by atoms with E-state index in [1.54, 1.807) is 32.0 Å². The van der Waals surface area contributed by atoms with Crippen molar-refractivity contribution in [1.29, 1.82) is 5.26 Å². The molecule has 24 heavy (non-hydrogen) atoms. The van der Waals surface area contributed by atoms with E-state index in [1.807, 2.05) is 0 Å². The van der Waals surface area contributed by atoms with E-state index < -0.39 is 5.82 Å². The Kier molecular flexibility index (Phi) is 4.49. The third kappa shape index (κ3) is 2.97. The number of halogens is 1. The molecule has 2 heterocycles. The molecule has 0 saturated carbocycles. The molecule has 1 amide bonds. The van der Waals surface area contributed by atoms with Crippen LogP contribution in [0.2, 0.25) is 0 Å². The first kappa shape index (κ1) is 16.4. The fourth-order valence-electron chi connectivity index (χ4n) is 2.70. The number of hydrogen-bond acceptors (Lipinski definition) is 5. The second kappa shape index (κ2) is 6.57. The van der Waals surface area contributed by atoms with Crippen LogP contribution in [0.3, 0.4) is 0 Å². The van der Waals surface area contributed by atoms with Crippen LogP contribution in [0.1, 0.15) is 23.5 Å². The number of anilines is 1. The van der Waals surface area contributed by atoms with Crippen molar-refractivity contribution in [2.24, 2.45) is 0 Å². The molecule has 5 nitrogen and oxygen atoms in total. The lowest BCUT2D eigenvalue weighted by molar-refractivity contribution is -0.116. The molecule has 2 aromatic rings. The van der Waals surface area contributed by atoms with E-state index in [-0.39, 0.29) is 11.2 Å². The molecule has 0 N–H and O–H groups in total. The summed E-state index contributed by atoms with van der Waals surface area (Å²) < 4.78 is 13.9. The maximum atomic E-state index is 13.9. The summed E-state index contributed by atoms with van der Waals surface area (Å²) in [4.78, 5) is 22.6. The molecule has 1 fully saturated rings. The summed E-state index contributed by atoms with van der Waals surface area (Å²) in [7, 11) is 0. The van der Waals surface area contributed by atoms with E-state index in [1.165, 1.54) is 22.7 Å². The Labute approximate surface area is 143 Å². The number of aromatic nitrogens is 2. The number of aryl methyl sites for hydroxylation is 2. The van der Waals surface area contributed by atoms with E-state index in [0.29, 0.717) is 40.8 Å². The van der Waals surface area contributed by atoms with Gasteiger partial charge in [0.1, 0.15) is 28.3 Å². The molecular weight excluding hydrogens is 327 g/mol. The summed E-state index contributed by atoms with van der Waals surface area (Å²) in [6.45, 7) is 3.95. The molecule has 1 aromatic heterocycles. The number of hydrogen-bond donors (Lipinski definition) is 0. The van der Waals surface area contributed by atoms with Crippen LogP contribution in [0.15, 0.2) is 29.3 Å². The average molecular weight is 342 g/mol. The Hall–Kier alpha value is -2.46. The van der Waals surface area contributed by atoms with Crippen LogP contribution in [0.25, 0.3) is 0 Å². The smallest absolute Gasteiger partial charge is 0.240 e. The third-order valence-corrected chi connectivity index (χ3v) is 5.07. The number of carbonyl (C=O) groups is 1. The van der Waals surface area contributed by atoms with E-state index >= 15 is 0 Å². The van der Waals surface area contributed by atoms with Gasteiger partial charge in [-0.05, 0) is 32.4 Å². The SMILES string of the molecule is Cc1nc(C)c(C#N)c(SC2CCN(c3ccccc3F)C2=O)n1. The van der Waals surface area contributed by atoms with Crippen LogP contribution in [0.5, 0.6) is 0 Å². The van der Waals surface area contributed by atoms with Crippen LogP contribution in [0, 0.1) is 31.0 Å². The summed E-state index contributed by atoms with van der Waals surface area (Å²) in [6.07, 6.45) is 0.574. The fourth-order valence-corrected chi connectivity index (χ4v) is 3.92. The molecule has 3 rings (SSSR count). The van der Waals surface area contributed by atoms with Crippen molar-refractivity contribution in [3.63, 3.8) is 0 Å². The first-order chi connectivity index (χ1) is 11.5. The molecule has 122 valence electrons. The van der Waals surface area contributed by atoms with E-state index in [0.717, 1.165) is 0 Å². The Morgan fingerprint density at radius 1 is 1.33 bits per heavy atom. The molecule has 0 spiro atoms. The van der Waals surface area contributed by atoms with Gasteiger partial charge in [0, 0.05) is 6.54 Å². The zero-order valence-electron chi connectivity index (χ0n) is 13.3. The average Bonchev–Trinajstić information content (AvgIpc) is 2.88. The van der Waals surface area contributed by atoms with E-state index in [4.69, 9.17) is 0 Å². The minimum atomic E-state index is -0.414. The molecule has 0 aliphatic carbocycles. The summed E-state index contributed by atoms with van der Waals surface area (Å²) in [5, 5.41) is 9.43. The van der Waals surface area contributed by atoms with Crippen LogP contribution >= 0.6 is 11.8 Å². The number of thioether (sulfide) groups is 1. The second-order valence-electron chi connectivity index (χ2n) is 5.48. The lowest BCUT2D eigenvalue weighted by Gasteiger charge is -2.17. The monoisotopic (exact) mass is 342 g/mol. The molecule has 1 saturated heterocycles. The zero-order valence-corrected chi connectivity index (χ0v) is 14.1. The molecule has 1 unspecified atom stereocenters. The van der Waals surface area contributed by atoms with E-state index in [9.17, 15) is 14.4 Å². The van der Waals surface area contributed by atoms with Gasteiger partial charge in [-0.2, -0.15) is 5.26 Å². The Bertz CT molecular complexity index is 849. The van der Waals surface area contributed by atoms with Crippen LogP contribution < -0.4 is 4.90 Å². The normalized spacial score (nSPS) is 17.2. The number of para-hydroxylation sites is 1. The number of nitriles is 1. The zero-order chi connectivity index (χ0) is 17.3. The number of benzene rings is 1.